The van der Waals surface area contributed by atoms with Crippen LogP contribution in [0.25, 0.3) is 22.1 Å². The number of aliphatic imine (C=N–C) groups is 1. The quantitative estimate of drug-likeness (QED) is 0.0495. The highest BCUT2D eigenvalue weighted by atomic mass is 35.5. The van der Waals surface area contributed by atoms with E-state index in [0.29, 0.717) is 27.6 Å². The summed E-state index contributed by atoms with van der Waals surface area (Å²) in [5.41, 5.74) is 8.76. The fourth-order valence-electron chi connectivity index (χ4n) is 6.30. The lowest BCUT2D eigenvalue weighted by atomic mass is 9.93. The number of anilines is 2. The zero-order valence-electron chi connectivity index (χ0n) is 34.0. The molecule has 19 nitrogen and oxygen atoms in total. The topological polar surface area (TPSA) is 291 Å². The lowest BCUT2D eigenvalue weighted by Crippen LogP contribution is -2.44. The molecule has 1 saturated heterocycles. The van der Waals surface area contributed by atoms with E-state index in [1.54, 1.807) is 24.3 Å². The van der Waals surface area contributed by atoms with Crippen molar-refractivity contribution < 1.29 is 38.1 Å². The molecule has 2 aromatic heterocycles. The molecule has 7 rings (SSSR count). The molecule has 1 fully saturated rings. The average molecular weight is 963 g/mol. The van der Waals surface area contributed by atoms with E-state index in [0.717, 1.165) is 78.9 Å². The molecular weight excluding hydrogens is 909 g/mol. The molecule has 0 amide bonds. The maximum Gasteiger partial charge on any atom is 0.458 e. The van der Waals surface area contributed by atoms with E-state index in [1.165, 1.54) is 49.5 Å². The Balaban J connectivity index is 0.000000346. The standard InChI is InChI=1S/C22H36N2O5S.C9H8ClN5S.C7H6N4O2.2ClH.H2O/c1-2-3-16-30(27,28)24-21(22(25)26)17-19-7-9-20(10-8-19)29-15-5-4-6-18-11-13-23-14-12-18;10-5-1-2-6-8(15-16-14-6)7(5)13-9-11-3-4-12-9;8-7-9-11(13)6-4-2-1-3-5(6)10(7)12;;;/h7-10,18,21,23-24H,2-6,11-17H2,1H3,(H,25,26);1-2H,3-4H2,(H2,11,12,13);1-4H,(H2,8,9);2*1H;1H2/t21-;;;;;/m0...../s1. The van der Waals surface area contributed by atoms with Gasteiger partial charge in [0.25, 0.3) is 5.52 Å². The van der Waals surface area contributed by atoms with Crippen molar-refractivity contribution in [1.29, 1.82) is 0 Å². The minimum atomic E-state index is -3.60. The first-order chi connectivity index (χ1) is 28.4. The van der Waals surface area contributed by atoms with Crippen molar-refractivity contribution in [3.63, 3.8) is 0 Å². The van der Waals surface area contributed by atoms with Crippen LogP contribution in [0.15, 0.2) is 65.7 Å². The molecule has 9 N–H and O–H groups in total. The number of carboxylic acid groups (broad SMARTS) is 1. The van der Waals surface area contributed by atoms with Gasteiger partial charge in [-0.05, 0) is 93.4 Å². The van der Waals surface area contributed by atoms with E-state index in [4.69, 9.17) is 22.1 Å². The predicted molar refractivity (Wildman–Crippen MR) is 247 cm³/mol. The molecule has 2 aliphatic heterocycles. The highest BCUT2D eigenvalue weighted by Crippen LogP contribution is 2.30. The number of fused-ring (bicyclic) bond motifs is 2. The van der Waals surface area contributed by atoms with E-state index in [-0.39, 0.29) is 59.4 Å². The van der Waals surface area contributed by atoms with Crippen molar-refractivity contribution in [1.82, 2.24) is 29.2 Å². The lowest BCUT2D eigenvalue weighted by Gasteiger charge is -2.22. The number of hydrogen-bond donors (Lipinski definition) is 6. The number of carboxylic acids is 1. The van der Waals surface area contributed by atoms with Crippen LogP contribution in [0.5, 0.6) is 5.75 Å². The molecule has 0 saturated carbocycles. The van der Waals surface area contributed by atoms with Gasteiger partial charge >= 0.3 is 11.9 Å². The Morgan fingerprint density at radius 3 is 2.40 bits per heavy atom. The number of carbonyl (C=O) groups is 1. The summed E-state index contributed by atoms with van der Waals surface area (Å²) in [6.45, 7) is 6.46. The number of ether oxygens (including phenoxy) is 1. The third-order valence-corrected chi connectivity index (χ3v) is 11.8. The number of nitrogens with one attached hydrogen (secondary N) is 4. The zero-order chi connectivity index (χ0) is 42.2. The molecule has 0 radical (unpaired) electrons. The molecule has 0 bridgehead atoms. The van der Waals surface area contributed by atoms with Crippen LogP contribution < -0.4 is 40.7 Å². The van der Waals surface area contributed by atoms with E-state index < -0.39 is 22.0 Å². The Morgan fingerprint density at radius 1 is 1.03 bits per heavy atom. The Morgan fingerprint density at radius 2 is 1.74 bits per heavy atom. The second-order valence-corrected chi connectivity index (χ2v) is 16.7. The third kappa shape index (κ3) is 16.3. The van der Waals surface area contributed by atoms with Gasteiger partial charge in [0.05, 0.1) is 41.3 Å². The minimum Gasteiger partial charge on any atom is -0.739 e. The zero-order valence-corrected chi connectivity index (χ0v) is 38.0. The molecule has 0 aliphatic carbocycles. The van der Waals surface area contributed by atoms with Crippen molar-refractivity contribution in [2.24, 2.45) is 10.9 Å². The first-order valence-electron chi connectivity index (χ1n) is 19.4. The number of piperidine rings is 1. The molecule has 0 spiro atoms. The Bertz CT molecular complexity index is 2290. The van der Waals surface area contributed by atoms with E-state index in [1.807, 2.05) is 31.2 Å². The van der Waals surface area contributed by atoms with Crippen molar-refractivity contribution in [2.75, 3.05) is 49.6 Å². The monoisotopic (exact) mass is 961 g/mol. The third-order valence-electron chi connectivity index (χ3n) is 9.49. The van der Waals surface area contributed by atoms with Gasteiger partial charge < -0.3 is 41.7 Å². The highest BCUT2D eigenvalue weighted by molar-refractivity contribution is 7.89. The van der Waals surface area contributed by atoms with Gasteiger partial charge in [0.2, 0.25) is 15.1 Å². The number of aliphatic carboxylic acids is 1. The summed E-state index contributed by atoms with van der Waals surface area (Å²) in [6.07, 6.45) is 7.33. The maximum absolute atomic E-state index is 12.0. The molecule has 5 aromatic rings. The number of nitrogens with zero attached hydrogens (tertiary/aromatic N) is 6. The molecular formula is C38H54Cl3N11O8S2. The molecule has 1 atom stereocenters. The van der Waals surface area contributed by atoms with Crippen LogP contribution in [0.3, 0.4) is 0 Å². The van der Waals surface area contributed by atoms with Gasteiger partial charge in [-0.1, -0.05) is 55.6 Å². The number of benzene rings is 3. The number of halogens is 3. The number of para-hydroxylation sites is 2. The summed E-state index contributed by atoms with van der Waals surface area (Å²) in [4.78, 5) is 16.1. The van der Waals surface area contributed by atoms with Crippen molar-refractivity contribution in [3.05, 3.63) is 81.7 Å². The van der Waals surface area contributed by atoms with Gasteiger partial charge in [0.15, 0.2) is 11.5 Å². The number of hydrogen-bond acceptors (Lipinski definition) is 15. The number of nitrogen functional groups attached to an aromatic ring is 1. The van der Waals surface area contributed by atoms with Gasteiger partial charge in [-0.2, -0.15) is 8.75 Å². The molecule has 4 heterocycles. The predicted octanol–water partition coefficient (Wildman–Crippen LogP) is 3.77. The van der Waals surface area contributed by atoms with Crippen LogP contribution in [0.4, 0.5) is 11.6 Å². The fraction of sp³-hybridized carbons (Fsp3) is 0.447. The summed E-state index contributed by atoms with van der Waals surface area (Å²) in [5, 5.41) is 45.3. The fourth-order valence-corrected chi connectivity index (χ4v) is 8.44. The first-order valence-corrected chi connectivity index (χ1v) is 22.2. The van der Waals surface area contributed by atoms with E-state index in [9.17, 15) is 28.7 Å². The molecule has 62 heavy (non-hydrogen) atoms. The molecule has 2 aliphatic rings. The van der Waals surface area contributed by atoms with Crippen LogP contribution in [-0.4, -0.2) is 89.4 Å². The molecule has 24 heteroatoms. The van der Waals surface area contributed by atoms with Crippen molar-refractivity contribution >= 4 is 104 Å². The number of aromatic nitrogens is 5. The Hall–Kier alpha value is -4.61. The number of rotatable bonds is 15. The first kappa shape index (κ1) is 53.5. The largest absolute Gasteiger partial charge is 0.739 e. The van der Waals surface area contributed by atoms with Crippen LogP contribution >= 0.6 is 48.1 Å². The van der Waals surface area contributed by atoms with Gasteiger partial charge in [-0.3, -0.25) is 15.5 Å². The van der Waals surface area contributed by atoms with E-state index >= 15 is 0 Å². The number of unbranched alkanes of at least 4 members (excludes halogenated alkanes) is 2. The SMILES string of the molecule is CCCCS(=O)(=O)N[C@@H](Cc1ccc(OCCCCC2CCNCC2)cc1)C(=O)O.Cl.Cl.Clc1ccc2nsnc2c1NC1=NCCN1.Nc1n[n+]([O-])c2ccccc2[n+]1[O-].O. The van der Waals surface area contributed by atoms with Gasteiger partial charge in [-0.15, -0.1) is 24.8 Å². The van der Waals surface area contributed by atoms with Gasteiger partial charge in [0.1, 0.15) is 22.8 Å². The highest BCUT2D eigenvalue weighted by Gasteiger charge is 2.24. The van der Waals surface area contributed by atoms with Crippen LogP contribution in [0, 0.1) is 16.3 Å². The maximum atomic E-state index is 12.0. The summed E-state index contributed by atoms with van der Waals surface area (Å²) in [7, 11) is -3.60. The number of sulfonamides is 1. The van der Waals surface area contributed by atoms with Crippen LogP contribution in [-0.2, 0) is 21.2 Å². The van der Waals surface area contributed by atoms with Crippen LogP contribution in [0.2, 0.25) is 5.02 Å². The lowest BCUT2D eigenvalue weighted by molar-refractivity contribution is -0.672. The van der Waals surface area contributed by atoms with E-state index in [2.05, 4.69) is 39.5 Å². The summed E-state index contributed by atoms with van der Waals surface area (Å²) < 4.78 is 40.9. The molecule has 0 unspecified atom stereocenters. The molecule has 342 valence electrons. The number of guanidine groups is 1. The van der Waals surface area contributed by atoms with Gasteiger partial charge in [-0.25, -0.2) is 17.9 Å². The Kier molecular flexibility index (Phi) is 23.1. The summed E-state index contributed by atoms with van der Waals surface area (Å²) in [6, 6.07) is 16.0. The molecule has 3 aromatic carbocycles. The Labute approximate surface area is 381 Å². The minimum absolute atomic E-state index is 0. The normalized spacial score (nSPS) is 13.9. The smallest absolute Gasteiger partial charge is 0.458 e. The number of nitrogens with two attached hydrogens (primary N) is 1. The summed E-state index contributed by atoms with van der Waals surface area (Å²) >= 11 is 7.30. The van der Waals surface area contributed by atoms with Gasteiger partial charge in [0, 0.05) is 17.5 Å². The van der Waals surface area contributed by atoms with Crippen molar-refractivity contribution in [2.45, 2.75) is 64.3 Å². The average Bonchev–Trinajstić information content (AvgIpc) is 3.94. The summed E-state index contributed by atoms with van der Waals surface area (Å²) in [5.74, 6) is 0.737. The van der Waals surface area contributed by atoms with Crippen LogP contribution in [0.1, 0.15) is 57.4 Å². The second kappa shape index (κ2) is 26.8. The van der Waals surface area contributed by atoms with Crippen molar-refractivity contribution in [3.8, 4) is 5.75 Å². The second-order valence-electron chi connectivity index (χ2n) is 13.9.